The summed E-state index contributed by atoms with van der Waals surface area (Å²) >= 11 is 0. The van der Waals surface area contributed by atoms with Crippen LogP contribution in [-0.2, 0) is 9.47 Å². The molecule has 0 N–H and O–H groups in total. The zero-order valence-electron chi connectivity index (χ0n) is 11.8. The minimum Gasteiger partial charge on any atom is -0.444 e. The van der Waals surface area contributed by atoms with Crippen LogP contribution in [0.15, 0.2) is 0 Å². The first-order valence-electron chi connectivity index (χ1n) is 6.64. The predicted molar refractivity (Wildman–Crippen MR) is 68.6 cm³/mol. The molecule has 1 amide bonds. The van der Waals surface area contributed by atoms with Gasteiger partial charge in [0.25, 0.3) is 0 Å². The quantitative estimate of drug-likeness (QED) is 0.747. The Morgan fingerprint density at radius 3 is 2.44 bits per heavy atom. The lowest BCUT2D eigenvalue weighted by atomic mass is 10.1. The van der Waals surface area contributed by atoms with Crippen LogP contribution in [-0.4, -0.2) is 66.9 Å². The monoisotopic (exact) mass is 256 g/mol. The van der Waals surface area contributed by atoms with Crippen molar-refractivity contribution in [2.45, 2.75) is 44.9 Å². The van der Waals surface area contributed by atoms with Gasteiger partial charge in [0.15, 0.2) is 0 Å². The molecule has 5 nitrogen and oxygen atoms in total. The number of rotatable bonds is 2. The van der Waals surface area contributed by atoms with Crippen molar-refractivity contribution in [3.63, 3.8) is 0 Å². The van der Waals surface area contributed by atoms with Crippen LogP contribution in [0.1, 0.15) is 27.2 Å². The van der Waals surface area contributed by atoms with Crippen molar-refractivity contribution in [3.8, 4) is 0 Å². The second-order valence-electron chi connectivity index (χ2n) is 6.18. The summed E-state index contributed by atoms with van der Waals surface area (Å²) in [5, 5.41) is 0. The van der Waals surface area contributed by atoms with Crippen LogP contribution in [0.25, 0.3) is 0 Å². The molecule has 1 atom stereocenters. The minimum atomic E-state index is -0.410. The van der Waals surface area contributed by atoms with Gasteiger partial charge in [0.05, 0.1) is 6.10 Å². The lowest BCUT2D eigenvalue weighted by Gasteiger charge is -2.42. The molecule has 18 heavy (non-hydrogen) atoms. The number of amides is 1. The maximum absolute atomic E-state index is 11.9. The molecular weight excluding hydrogens is 232 g/mol. The Morgan fingerprint density at radius 2 is 1.89 bits per heavy atom. The average molecular weight is 256 g/mol. The molecule has 0 radical (unpaired) electrons. The van der Waals surface area contributed by atoms with E-state index < -0.39 is 5.60 Å². The first kappa shape index (κ1) is 13.6. The van der Waals surface area contributed by atoms with Gasteiger partial charge in [-0.3, -0.25) is 4.90 Å². The smallest absolute Gasteiger partial charge is 0.410 e. The molecule has 0 aromatic carbocycles. The van der Waals surface area contributed by atoms with Crippen LogP contribution < -0.4 is 0 Å². The second-order valence-corrected chi connectivity index (χ2v) is 6.18. The molecule has 0 saturated carbocycles. The maximum atomic E-state index is 11.9. The molecule has 0 aliphatic carbocycles. The Morgan fingerprint density at radius 1 is 1.22 bits per heavy atom. The van der Waals surface area contributed by atoms with Crippen molar-refractivity contribution in [1.29, 1.82) is 0 Å². The molecule has 0 spiro atoms. The summed E-state index contributed by atoms with van der Waals surface area (Å²) in [7, 11) is 1.75. The van der Waals surface area contributed by atoms with E-state index in [1.165, 1.54) is 0 Å². The van der Waals surface area contributed by atoms with Crippen molar-refractivity contribution in [3.05, 3.63) is 0 Å². The van der Waals surface area contributed by atoms with Gasteiger partial charge in [-0.2, -0.15) is 0 Å². The van der Waals surface area contributed by atoms with Crippen LogP contribution >= 0.6 is 0 Å². The third kappa shape index (κ3) is 3.14. The highest BCUT2D eigenvalue weighted by Gasteiger charge is 2.38. The van der Waals surface area contributed by atoms with E-state index in [9.17, 15) is 4.79 Å². The molecular formula is C13H24N2O3. The zero-order chi connectivity index (χ0) is 13.3. The largest absolute Gasteiger partial charge is 0.444 e. The summed E-state index contributed by atoms with van der Waals surface area (Å²) in [4.78, 5) is 16.1. The van der Waals surface area contributed by atoms with E-state index in [0.717, 1.165) is 32.6 Å². The third-order valence-electron chi connectivity index (χ3n) is 3.54. The predicted octanol–water partition coefficient (Wildman–Crippen LogP) is 1.33. The first-order valence-corrected chi connectivity index (χ1v) is 6.64. The molecule has 104 valence electrons. The molecule has 0 bridgehead atoms. The molecule has 1 unspecified atom stereocenters. The zero-order valence-corrected chi connectivity index (χ0v) is 11.8. The Labute approximate surface area is 109 Å². The Hall–Kier alpha value is -0.810. The third-order valence-corrected chi connectivity index (χ3v) is 3.54. The van der Waals surface area contributed by atoms with E-state index >= 15 is 0 Å². The fraction of sp³-hybridized carbons (Fsp3) is 0.923. The van der Waals surface area contributed by atoms with Gasteiger partial charge in [-0.1, -0.05) is 0 Å². The molecule has 5 heteroatoms. The van der Waals surface area contributed by atoms with Crippen molar-refractivity contribution < 1.29 is 14.3 Å². The summed E-state index contributed by atoms with van der Waals surface area (Å²) in [6.07, 6.45) is 1.23. The van der Waals surface area contributed by atoms with E-state index in [2.05, 4.69) is 4.90 Å². The molecule has 2 aliphatic rings. The highest BCUT2D eigenvalue weighted by atomic mass is 16.6. The fourth-order valence-electron chi connectivity index (χ4n) is 2.45. The molecule has 2 rings (SSSR count). The number of ether oxygens (including phenoxy) is 2. The molecule has 0 aromatic rings. The van der Waals surface area contributed by atoms with Gasteiger partial charge in [-0.25, -0.2) is 4.79 Å². The summed E-state index contributed by atoms with van der Waals surface area (Å²) in [6.45, 7) is 9.26. The lowest BCUT2D eigenvalue weighted by molar-refractivity contribution is -0.0487. The van der Waals surface area contributed by atoms with Crippen LogP contribution in [0.4, 0.5) is 4.79 Å². The summed E-state index contributed by atoms with van der Waals surface area (Å²) in [5.74, 6) is 0. The number of hydrogen-bond donors (Lipinski definition) is 0. The van der Waals surface area contributed by atoms with Gasteiger partial charge in [0.1, 0.15) is 5.60 Å². The van der Waals surface area contributed by atoms with E-state index in [4.69, 9.17) is 9.47 Å². The number of hydrogen-bond acceptors (Lipinski definition) is 4. The van der Waals surface area contributed by atoms with Crippen molar-refractivity contribution in [2.75, 3.05) is 33.3 Å². The van der Waals surface area contributed by atoms with Crippen molar-refractivity contribution in [2.24, 2.45) is 0 Å². The van der Waals surface area contributed by atoms with Crippen molar-refractivity contribution in [1.82, 2.24) is 9.80 Å². The summed E-state index contributed by atoms with van der Waals surface area (Å²) in [5.41, 5.74) is -0.410. The summed E-state index contributed by atoms with van der Waals surface area (Å²) in [6, 6.07) is 0.476. The topological polar surface area (TPSA) is 42.0 Å². The minimum absolute atomic E-state index is 0.186. The molecule has 2 fully saturated rings. The number of nitrogens with zero attached hydrogens (tertiary/aromatic N) is 2. The van der Waals surface area contributed by atoms with Gasteiger partial charge in [0.2, 0.25) is 0 Å². The van der Waals surface area contributed by atoms with Gasteiger partial charge < -0.3 is 14.4 Å². The lowest BCUT2D eigenvalue weighted by Crippen LogP contribution is -2.56. The second kappa shape index (κ2) is 5.05. The van der Waals surface area contributed by atoms with Gasteiger partial charge in [-0.15, -0.1) is 0 Å². The van der Waals surface area contributed by atoms with E-state index in [1.54, 1.807) is 7.11 Å². The number of likely N-dealkylation sites (tertiary alicyclic amines) is 2. The Bertz CT molecular complexity index is 308. The number of carbonyl (C=O) groups excluding carboxylic acids is 1. The summed E-state index contributed by atoms with van der Waals surface area (Å²) < 4.78 is 10.7. The molecule has 2 aliphatic heterocycles. The van der Waals surface area contributed by atoms with Gasteiger partial charge >= 0.3 is 6.09 Å². The van der Waals surface area contributed by atoms with E-state index in [1.807, 2.05) is 25.7 Å². The highest BCUT2D eigenvalue weighted by molar-refractivity contribution is 5.68. The van der Waals surface area contributed by atoms with Crippen LogP contribution in [0.5, 0.6) is 0 Å². The van der Waals surface area contributed by atoms with Gasteiger partial charge in [-0.05, 0) is 27.2 Å². The maximum Gasteiger partial charge on any atom is 0.410 e. The van der Waals surface area contributed by atoms with E-state index in [0.29, 0.717) is 12.1 Å². The molecule has 2 saturated heterocycles. The van der Waals surface area contributed by atoms with Crippen LogP contribution in [0.3, 0.4) is 0 Å². The standard InChI is InChI=1S/C13H24N2O3/c1-13(2,3)18-12(16)14-6-5-10(7-14)15-8-11(9-15)17-4/h10-11H,5-9H2,1-4H3. The van der Waals surface area contributed by atoms with E-state index in [-0.39, 0.29) is 6.09 Å². The Balaban J connectivity index is 1.77. The number of methoxy groups -OCH3 is 1. The SMILES string of the molecule is COC1CN(C2CCN(C(=O)OC(C)(C)C)C2)C1. The van der Waals surface area contributed by atoms with Gasteiger partial charge in [0, 0.05) is 39.3 Å². The first-order chi connectivity index (χ1) is 8.39. The average Bonchev–Trinajstić information content (AvgIpc) is 2.62. The molecule has 2 heterocycles. The Kier molecular flexibility index (Phi) is 3.82. The highest BCUT2D eigenvalue weighted by Crippen LogP contribution is 2.23. The fourth-order valence-corrected chi connectivity index (χ4v) is 2.45. The normalized spacial score (nSPS) is 26.2. The molecule has 0 aromatic heterocycles. The van der Waals surface area contributed by atoms with Crippen LogP contribution in [0, 0.1) is 0 Å². The van der Waals surface area contributed by atoms with Crippen LogP contribution in [0.2, 0.25) is 0 Å². The van der Waals surface area contributed by atoms with Crippen molar-refractivity contribution >= 4 is 6.09 Å². The number of carbonyl (C=O) groups is 1.